The summed E-state index contributed by atoms with van der Waals surface area (Å²) < 4.78 is 2.40. The monoisotopic (exact) mass is 328 g/mol. The molecule has 3 aromatic heterocycles. The van der Waals surface area contributed by atoms with Gasteiger partial charge in [0.05, 0.1) is 17.2 Å². The van der Waals surface area contributed by atoms with Crippen molar-refractivity contribution in [1.82, 2.24) is 19.5 Å². The maximum atomic E-state index is 6.14. The van der Waals surface area contributed by atoms with Gasteiger partial charge in [-0.25, -0.2) is 9.97 Å². The van der Waals surface area contributed by atoms with Crippen LogP contribution in [0.5, 0.6) is 0 Å². The van der Waals surface area contributed by atoms with Crippen molar-refractivity contribution >= 4 is 33.7 Å². The van der Waals surface area contributed by atoms with Crippen LogP contribution in [0.15, 0.2) is 18.3 Å². The van der Waals surface area contributed by atoms with E-state index >= 15 is 0 Å². The van der Waals surface area contributed by atoms with E-state index in [2.05, 4.69) is 21.5 Å². The van der Waals surface area contributed by atoms with Crippen LogP contribution in [0.1, 0.15) is 56.8 Å². The number of rotatable bonds is 1. The fourth-order valence-corrected chi connectivity index (χ4v) is 4.02. The Morgan fingerprint density at radius 2 is 1.74 bits per heavy atom. The van der Waals surface area contributed by atoms with E-state index in [1.54, 1.807) is 6.07 Å². The van der Waals surface area contributed by atoms with Crippen LogP contribution in [0.3, 0.4) is 0 Å². The topological polar surface area (TPSA) is 43.6 Å². The van der Waals surface area contributed by atoms with Crippen molar-refractivity contribution in [3.8, 4) is 0 Å². The molecule has 0 aromatic carbocycles. The van der Waals surface area contributed by atoms with E-state index in [1.807, 2.05) is 12.3 Å². The summed E-state index contributed by atoms with van der Waals surface area (Å²) in [4.78, 5) is 13.8. The zero-order valence-electron chi connectivity index (χ0n) is 13.4. The van der Waals surface area contributed by atoms with Crippen molar-refractivity contribution in [2.24, 2.45) is 0 Å². The summed E-state index contributed by atoms with van der Waals surface area (Å²) in [5, 5.41) is 0.509. The van der Waals surface area contributed by atoms with Gasteiger partial charge >= 0.3 is 0 Å². The first-order valence-electron chi connectivity index (χ1n) is 8.54. The Morgan fingerprint density at radius 1 is 1.00 bits per heavy atom. The van der Waals surface area contributed by atoms with Gasteiger partial charge in [0.2, 0.25) is 0 Å². The maximum Gasteiger partial charge on any atom is 0.130 e. The summed E-state index contributed by atoms with van der Waals surface area (Å²) in [5.41, 5.74) is 3.78. The number of nitrogens with zero attached hydrogens (tertiary/aromatic N) is 4. The predicted molar refractivity (Wildman–Crippen MR) is 93.9 cm³/mol. The highest BCUT2D eigenvalue weighted by Crippen LogP contribution is 2.33. The largest absolute Gasteiger partial charge is 0.323 e. The standard InChI is InChI=1S/C18H21ClN4/c1-12-21-15-11-20-14-9-10-16(19)22-17(14)18(15)23(12)13-7-5-3-2-4-6-8-13/h9-11,13H,2-8H2,1H3. The van der Waals surface area contributed by atoms with Gasteiger partial charge in [0.1, 0.15) is 22.0 Å². The Morgan fingerprint density at radius 3 is 2.52 bits per heavy atom. The average Bonchev–Trinajstić information content (AvgIpc) is 2.84. The lowest BCUT2D eigenvalue weighted by molar-refractivity contribution is 0.374. The molecule has 0 unspecified atom stereocenters. The fourth-order valence-electron chi connectivity index (χ4n) is 3.87. The van der Waals surface area contributed by atoms with Gasteiger partial charge in [-0.2, -0.15) is 0 Å². The van der Waals surface area contributed by atoms with E-state index in [4.69, 9.17) is 16.6 Å². The highest BCUT2D eigenvalue weighted by molar-refractivity contribution is 6.30. The molecule has 23 heavy (non-hydrogen) atoms. The molecule has 120 valence electrons. The summed E-state index contributed by atoms with van der Waals surface area (Å²) in [6.45, 7) is 2.09. The molecule has 1 saturated carbocycles. The molecule has 4 nitrogen and oxygen atoms in total. The van der Waals surface area contributed by atoms with E-state index in [9.17, 15) is 0 Å². The second kappa shape index (κ2) is 6.08. The molecule has 0 atom stereocenters. The van der Waals surface area contributed by atoms with E-state index in [-0.39, 0.29) is 0 Å². The molecule has 0 aliphatic heterocycles. The quantitative estimate of drug-likeness (QED) is 0.575. The van der Waals surface area contributed by atoms with Crippen LogP contribution in [0, 0.1) is 6.92 Å². The molecule has 0 spiro atoms. The van der Waals surface area contributed by atoms with Gasteiger partial charge in [-0.1, -0.05) is 43.7 Å². The highest BCUT2D eigenvalue weighted by Gasteiger charge is 2.20. The Bertz CT molecular complexity index is 847. The molecule has 1 fully saturated rings. The first-order valence-corrected chi connectivity index (χ1v) is 8.91. The molecule has 4 rings (SSSR count). The smallest absolute Gasteiger partial charge is 0.130 e. The lowest BCUT2D eigenvalue weighted by Gasteiger charge is -2.23. The second-order valence-electron chi connectivity index (χ2n) is 6.52. The molecule has 0 bridgehead atoms. The number of pyridine rings is 2. The zero-order valence-corrected chi connectivity index (χ0v) is 14.2. The molecule has 5 heteroatoms. The van der Waals surface area contributed by atoms with Crippen LogP contribution in [-0.4, -0.2) is 19.5 Å². The number of fused-ring (bicyclic) bond motifs is 3. The summed E-state index contributed by atoms with van der Waals surface area (Å²) in [6, 6.07) is 4.24. The van der Waals surface area contributed by atoms with E-state index < -0.39 is 0 Å². The van der Waals surface area contributed by atoms with Crippen LogP contribution in [0.4, 0.5) is 0 Å². The normalized spacial score (nSPS) is 17.5. The van der Waals surface area contributed by atoms with Gasteiger partial charge < -0.3 is 4.57 Å². The van der Waals surface area contributed by atoms with Crippen LogP contribution in [0.2, 0.25) is 5.15 Å². The maximum absolute atomic E-state index is 6.14. The SMILES string of the molecule is Cc1nc2cnc3ccc(Cl)nc3c2n1C1CCCCCCC1. The molecule has 1 aliphatic carbocycles. The average molecular weight is 329 g/mol. The number of imidazole rings is 1. The molecule has 0 saturated heterocycles. The Hall–Kier alpha value is -1.68. The third kappa shape index (κ3) is 2.69. The van der Waals surface area contributed by atoms with Gasteiger partial charge in [0.25, 0.3) is 0 Å². The third-order valence-corrected chi connectivity index (χ3v) is 5.15. The first-order chi connectivity index (χ1) is 11.2. The Labute approximate surface area is 140 Å². The molecule has 1 aliphatic rings. The van der Waals surface area contributed by atoms with E-state index in [1.165, 1.54) is 44.9 Å². The van der Waals surface area contributed by atoms with E-state index in [0.29, 0.717) is 11.2 Å². The Balaban J connectivity index is 1.93. The van der Waals surface area contributed by atoms with Gasteiger partial charge in [-0.05, 0) is 31.9 Å². The lowest BCUT2D eigenvalue weighted by atomic mass is 9.96. The van der Waals surface area contributed by atoms with E-state index in [0.717, 1.165) is 27.9 Å². The van der Waals surface area contributed by atoms with Crippen molar-refractivity contribution in [2.45, 2.75) is 57.9 Å². The number of aryl methyl sites for hydroxylation is 1. The van der Waals surface area contributed by atoms with Crippen LogP contribution in [0.25, 0.3) is 22.1 Å². The predicted octanol–water partition coefficient (Wildman–Crippen LogP) is 5.23. The fraction of sp³-hybridized carbons (Fsp3) is 0.500. The van der Waals surface area contributed by atoms with Crippen molar-refractivity contribution in [3.05, 3.63) is 29.3 Å². The van der Waals surface area contributed by atoms with Crippen molar-refractivity contribution in [3.63, 3.8) is 0 Å². The van der Waals surface area contributed by atoms with Crippen molar-refractivity contribution in [2.75, 3.05) is 0 Å². The van der Waals surface area contributed by atoms with Crippen LogP contribution < -0.4 is 0 Å². The molecule has 0 amide bonds. The minimum atomic E-state index is 0.506. The second-order valence-corrected chi connectivity index (χ2v) is 6.91. The highest BCUT2D eigenvalue weighted by atomic mass is 35.5. The number of hydrogen-bond donors (Lipinski definition) is 0. The van der Waals surface area contributed by atoms with Crippen molar-refractivity contribution < 1.29 is 0 Å². The number of halogens is 1. The first kappa shape index (κ1) is 14.9. The number of hydrogen-bond acceptors (Lipinski definition) is 3. The minimum absolute atomic E-state index is 0.506. The molecule has 0 N–H and O–H groups in total. The van der Waals surface area contributed by atoms with Crippen LogP contribution >= 0.6 is 11.6 Å². The van der Waals surface area contributed by atoms with Gasteiger partial charge in [-0.15, -0.1) is 0 Å². The summed E-state index contributed by atoms with van der Waals surface area (Å²) >= 11 is 6.14. The summed E-state index contributed by atoms with van der Waals surface area (Å²) in [7, 11) is 0. The molecule has 3 heterocycles. The molecular formula is C18H21ClN4. The lowest BCUT2D eigenvalue weighted by Crippen LogP contribution is -2.12. The third-order valence-electron chi connectivity index (χ3n) is 4.94. The molecule has 3 aromatic rings. The molecule has 0 radical (unpaired) electrons. The zero-order chi connectivity index (χ0) is 15.8. The summed E-state index contributed by atoms with van der Waals surface area (Å²) in [5.74, 6) is 1.06. The Kier molecular flexibility index (Phi) is 3.93. The van der Waals surface area contributed by atoms with Gasteiger partial charge in [-0.3, -0.25) is 4.98 Å². The van der Waals surface area contributed by atoms with Gasteiger partial charge in [0, 0.05) is 6.04 Å². The molecular weight excluding hydrogens is 308 g/mol. The van der Waals surface area contributed by atoms with Crippen LogP contribution in [-0.2, 0) is 0 Å². The van der Waals surface area contributed by atoms with Gasteiger partial charge in [0.15, 0.2) is 0 Å². The number of aromatic nitrogens is 4. The summed E-state index contributed by atoms with van der Waals surface area (Å²) in [6.07, 6.45) is 10.9. The minimum Gasteiger partial charge on any atom is -0.323 e. The van der Waals surface area contributed by atoms with Crippen molar-refractivity contribution in [1.29, 1.82) is 0 Å².